The predicted octanol–water partition coefficient (Wildman–Crippen LogP) is 14.6. The normalized spacial score (nSPS) is 12.0. The molecule has 0 aliphatic rings. The van der Waals surface area contributed by atoms with Crippen LogP contribution in [0, 0.1) is 0 Å². The minimum Gasteiger partial charge on any atom is -0.142 e. The lowest BCUT2D eigenvalue weighted by Crippen LogP contribution is -1.82. The minimum absolute atomic E-state index is 1.22. The van der Waals surface area contributed by atoms with Crippen molar-refractivity contribution in [2.45, 2.75) is 104 Å². The van der Waals surface area contributed by atoms with Gasteiger partial charge >= 0.3 is 0 Å². The molecule has 0 atom stereocenters. The summed E-state index contributed by atoms with van der Waals surface area (Å²) in [7, 11) is 0. The third-order valence-electron chi connectivity index (χ3n) is 8.31. The van der Waals surface area contributed by atoms with Crippen molar-refractivity contribution in [2.24, 2.45) is 0 Å². The van der Waals surface area contributed by atoms with E-state index in [4.69, 9.17) is 0 Å². The summed E-state index contributed by atoms with van der Waals surface area (Å²) in [5, 5.41) is 10.5. The Morgan fingerprint density at radius 1 is 0.463 bits per heavy atom. The minimum atomic E-state index is 1.22. The van der Waals surface area contributed by atoms with Crippen molar-refractivity contribution in [3.05, 3.63) is 56.9 Å². The number of fused-ring (bicyclic) bond motifs is 6. The van der Waals surface area contributed by atoms with Gasteiger partial charge in [0.15, 0.2) is 0 Å². The lowest BCUT2D eigenvalue weighted by molar-refractivity contribution is 0.609. The molecule has 0 spiro atoms. The molecule has 41 heavy (non-hydrogen) atoms. The molecule has 0 saturated heterocycles. The Bertz CT molecular complexity index is 1560. The van der Waals surface area contributed by atoms with Gasteiger partial charge in [0.05, 0.1) is 19.2 Å². The van der Waals surface area contributed by atoms with Crippen molar-refractivity contribution in [3.63, 3.8) is 0 Å². The molecule has 0 N–H and O–H groups in total. The molecule has 0 unspecified atom stereocenters. The van der Waals surface area contributed by atoms with Crippen LogP contribution in [0.3, 0.4) is 0 Å². The molecule has 0 aliphatic carbocycles. The molecule has 6 rings (SSSR count). The van der Waals surface area contributed by atoms with Crippen LogP contribution in [0.4, 0.5) is 0 Å². The topological polar surface area (TPSA) is 0 Å². The second-order valence-corrected chi connectivity index (χ2v) is 16.6. The van der Waals surface area contributed by atoms with Gasteiger partial charge in [-0.1, -0.05) is 78.1 Å². The molecule has 5 heteroatoms. The van der Waals surface area contributed by atoms with Gasteiger partial charge in [-0.15, -0.1) is 56.7 Å². The maximum Gasteiger partial charge on any atom is 0.0535 e. The smallest absolute Gasteiger partial charge is 0.0535 e. The fourth-order valence-corrected chi connectivity index (χ4v) is 11.7. The summed E-state index contributed by atoms with van der Waals surface area (Å²) < 4.78 is 2.93. The standard InChI is InChI=1S/C36H42S5/c1-3-5-7-9-11-13-15-25-17-19-29(39-25)35-31-27-21-23-37-33(27)34-28(22-24-38-34)32(31)36(41-35)30-20-18-26(40-30)16-14-12-10-8-6-4-2/h17-24H,3-16H2,1-2H3. The zero-order chi connectivity index (χ0) is 28.0. The second kappa shape index (κ2) is 14.3. The number of hydrogen-bond acceptors (Lipinski definition) is 5. The van der Waals surface area contributed by atoms with Crippen molar-refractivity contribution in [1.29, 1.82) is 0 Å². The molecule has 0 bridgehead atoms. The van der Waals surface area contributed by atoms with Crippen LogP contribution in [0.2, 0.25) is 0 Å². The van der Waals surface area contributed by atoms with Gasteiger partial charge in [0.2, 0.25) is 0 Å². The highest BCUT2D eigenvalue weighted by Crippen LogP contribution is 2.54. The van der Waals surface area contributed by atoms with Crippen LogP contribution in [0.25, 0.3) is 50.5 Å². The van der Waals surface area contributed by atoms with E-state index in [0.29, 0.717) is 0 Å². The Balaban J connectivity index is 1.32. The first-order valence-electron chi connectivity index (χ1n) is 15.8. The average molecular weight is 635 g/mol. The number of rotatable bonds is 16. The summed E-state index contributed by atoms with van der Waals surface area (Å²) in [6.07, 6.45) is 18.8. The monoisotopic (exact) mass is 634 g/mol. The van der Waals surface area contributed by atoms with E-state index in [1.807, 2.05) is 56.7 Å². The third-order valence-corrected chi connectivity index (χ3v) is 14.1. The quantitative estimate of drug-likeness (QED) is 0.0929. The Labute approximate surface area is 266 Å². The van der Waals surface area contributed by atoms with E-state index in [9.17, 15) is 0 Å². The first-order chi connectivity index (χ1) is 20.3. The van der Waals surface area contributed by atoms with Gasteiger partial charge in [-0.3, -0.25) is 0 Å². The van der Waals surface area contributed by atoms with E-state index in [1.165, 1.54) is 140 Å². The summed E-state index contributed by atoms with van der Waals surface area (Å²) in [5.74, 6) is 0. The molecule has 0 amide bonds. The van der Waals surface area contributed by atoms with Crippen LogP contribution in [-0.2, 0) is 12.8 Å². The fourth-order valence-electron chi connectivity index (χ4n) is 6.08. The van der Waals surface area contributed by atoms with Crippen molar-refractivity contribution < 1.29 is 0 Å². The summed E-state index contributed by atoms with van der Waals surface area (Å²) in [4.78, 5) is 8.98. The average Bonchev–Trinajstić information content (AvgIpc) is 3.81. The maximum atomic E-state index is 2.42. The van der Waals surface area contributed by atoms with E-state index >= 15 is 0 Å². The van der Waals surface area contributed by atoms with Crippen LogP contribution in [0.15, 0.2) is 47.2 Å². The molecule has 0 radical (unpaired) electrons. The molecule has 5 aromatic heterocycles. The van der Waals surface area contributed by atoms with Crippen LogP contribution in [0.5, 0.6) is 0 Å². The van der Waals surface area contributed by atoms with E-state index in [-0.39, 0.29) is 0 Å². The Morgan fingerprint density at radius 3 is 1.37 bits per heavy atom. The molecule has 0 nitrogen and oxygen atoms in total. The van der Waals surface area contributed by atoms with Crippen LogP contribution in [0.1, 0.15) is 101 Å². The van der Waals surface area contributed by atoms with Gasteiger partial charge in [0.1, 0.15) is 0 Å². The van der Waals surface area contributed by atoms with E-state index < -0.39 is 0 Å². The summed E-state index contributed by atoms with van der Waals surface area (Å²) in [5.41, 5.74) is 0. The van der Waals surface area contributed by atoms with Crippen molar-refractivity contribution in [2.75, 3.05) is 0 Å². The molecule has 0 fully saturated rings. The highest BCUT2D eigenvalue weighted by Gasteiger charge is 2.23. The molecular formula is C36H42S5. The lowest BCUT2D eigenvalue weighted by atomic mass is 10.0. The zero-order valence-corrected chi connectivity index (χ0v) is 28.6. The molecule has 216 valence electrons. The highest BCUT2D eigenvalue weighted by molar-refractivity contribution is 7.29. The van der Waals surface area contributed by atoms with Gasteiger partial charge in [0, 0.05) is 41.1 Å². The number of hydrogen-bond donors (Lipinski definition) is 0. The number of aryl methyl sites for hydroxylation is 2. The van der Waals surface area contributed by atoms with Gasteiger partial charge in [-0.2, -0.15) is 0 Å². The van der Waals surface area contributed by atoms with Crippen molar-refractivity contribution >= 4 is 87.6 Å². The van der Waals surface area contributed by atoms with Crippen molar-refractivity contribution in [3.8, 4) is 19.5 Å². The van der Waals surface area contributed by atoms with E-state index in [0.717, 1.165) is 0 Å². The Hall–Kier alpha value is -1.50. The molecule has 5 heterocycles. The third kappa shape index (κ3) is 6.55. The SMILES string of the molecule is CCCCCCCCc1ccc(-c2sc(-c3ccc(CCCCCCCC)s3)c3c4ccsc4c4sccc4c23)s1. The van der Waals surface area contributed by atoms with Crippen molar-refractivity contribution in [1.82, 2.24) is 0 Å². The van der Waals surface area contributed by atoms with Gasteiger partial charge in [-0.25, -0.2) is 0 Å². The summed E-state index contributed by atoms with van der Waals surface area (Å²) in [6, 6.07) is 14.4. The zero-order valence-electron chi connectivity index (χ0n) is 24.6. The number of unbranched alkanes of at least 4 members (excludes halogenated alkanes) is 10. The maximum absolute atomic E-state index is 2.42. The molecular weight excluding hydrogens is 593 g/mol. The molecule has 6 aromatic rings. The van der Waals surface area contributed by atoms with E-state index in [2.05, 4.69) is 61.0 Å². The highest BCUT2D eigenvalue weighted by atomic mass is 32.1. The lowest BCUT2D eigenvalue weighted by Gasteiger charge is -2.03. The molecule has 1 aromatic carbocycles. The number of thiophene rings is 5. The van der Waals surface area contributed by atoms with Gasteiger partial charge in [0.25, 0.3) is 0 Å². The second-order valence-electron chi connectivity index (χ2n) is 11.4. The largest absolute Gasteiger partial charge is 0.142 e. The molecule has 0 aliphatic heterocycles. The number of benzene rings is 1. The summed E-state index contributed by atoms with van der Waals surface area (Å²) in [6.45, 7) is 4.60. The van der Waals surface area contributed by atoms with Crippen LogP contribution < -0.4 is 0 Å². The van der Waals surface area contributed by atoms with Crippen LogP contribution in [-0.4, -0.2) is 0 Å². The fraction of sp³-hybridized carbons (Fsp3) is 0.444. The van der Waals surface area contributed by atoms with Gasteiger partial charge < -0.3 is 0 Å². The Morgan fingerprint density at radius 2 is 0.902 bits per heavy atom. The first kappa shape index (κ1) is 29.6. The first-order valence-corrected chi connectivity index (χ1v) is 20.0. The molecule has 0 saturated carbocycles. The summed E-state index contributed by atoms with van der Waals surface area (Å²) >= 11 is 9.95. The van der Waals surface area contributed by atoms with E-state index in [1.54, 1.807) is 9.75 Å². The van der Waals surface area contributed by atoms with Gasteiger partial charge in [-0.05, 0) is 72.8 Å². The Kier molecular flexibility index (Phi) is 10.3. The predicted molar refractivity (Wildman–Crippen MR) is 193 cm³/mol. The van der Waals surface area contributed by atoms with Crippen LogP contribution >= 0.6 is 56.7 Å².